The highest BCUT2D eigenvalue weighted by Crippen LogP contribution is 2.32. The van der Waals surface area contributed by atoms with E-state index in [4.69, 9.17) is 16.3 Å². The number of sulfonamides is 1. The van der Waals surface area contributed by atoms with Gasteiger partial charge in [0, 0.05) is 31.3 Å². The van der Waals surface area contributed by atoms with Crippen LogP contribution >= 0.6 is 11.6 Å². The van der Waals surface area contributed by atoms with Crippen molar-refractivity contribution in [3.8, 4) is 17.0 Å². The maximum absolute atomic E-state index is 13.4. The van der Waals surface area contributed by atoms with E-state index < -0.39 is 15.8 Å². The number of aromatic nitrogens is 3. The average molecular weight is 574 g/mol. The Hall–Kier alpha value is -4.03. The number of hydrogen-bond acceptors (Lipinski definition) is 7. The number of pyridine rings is 1. The van der Waals surface area contributed by atoms with Crippen molar-refractivity contribution in [3.05, 3.63) is 76.2 Å². The minimum Gasteiger partial charge on any atom is -0.480 e. The molecule has 1 atom stereocenters. The first-order valence-electron chi connectivity index (χ1n) is 11.8. The molecule has 4 rings (SSSR count). The van der Waals surface area contributed by atoms with Gasteiger partial charge in [-0.2, -0.15) is 0 Å². The highest BCUT2D eigenvalue weighted by molar-refractivity contribution is 7.92. The molecular formula is C26H25ClFN5O5S. The number of aryl methyl sites for hydroxylation is 1. The van der Waals surface area contributed by atoms with Gasteiger partial charge < -0.3 is 10.1 Å². The highest BCUT2D eigenvalue weighted by atomic mass is 35.5. The molecule has 0 bridgehead atoms. The molecule has 2 aromatic heterocycles. The third-order valence-electron chi connectivity index (χ3n) is 6.13. The molecule has 2 heterocycles. The molecule has 0 fully saturated rings. The molecule has 0 saturated heterocycles. The zero-order valence-electron chi connectivity index (χ0n) is 21.2. The van der Waals surface area contributed by atoms with Crippen molar-refractivity contribution >= 4 is 44.1 Å². The number of nitrogens with zero attached hydrogens (tertiary/aromatic N) is 3. The van der Waals surface area contributed by atoms with E-state index in [0.717, 1.165) is 18.2 Å². The predicted octanol–water partition coefficient (Wildman–Crippen LogP) is 3.83. The Labute approximate surface area is 228 Å². The minimum atomic E-state index is -4.22. The van der Waals surface area contributed by atoms with Gasteiger partial charge in [0.1, 0.15) is 16.4 Å². The molecule has 0 radical (unpaired) electrons. The summed E-state index contributed by atoms with van der Waals surface area (Å²) in [7, 11) is -1.33. The standard InChI is InChI=1S/C26H25ClFN5O5S/c1-15(24(34)29-2)8-9-33-14-31-21-6-4-16(10-19(21)26(33)35)17-11-22(25(38-3)30-13-17)32-39(36,37)23-7-5-18(28)12-20(23)27/h4-7,10-15,32H,8-9H2,1-3H3,(H,29,34)/t15-/m1/s1. The van der Waals surface area contributed by atoms with E-state index in [0.29, 0.717) is 35.0 Å². The molecule has 0 spiro atoms. The summed E-state index contributed by atoms with van der Waals surface area (Å²) in [5, 5.41) is 2.65. The summed E-state index contributed by atoms with van der Waals surface area (Å²) >= 11 is 5.96. The number of hydrogen-bond donors (Lipinski definition) is 2. The van der Waals surface area contributed by atoms with Gasteiger partial charge in [0.2, 0.25) is 11.8 Å². The van der Waals surface area contributed by atoms with Gasteiger partial charge in [0.05, 0.1) is 29.4 Å². The topological polar surface area (TPSA) is 132 Å². The fourth-order valence-corrected chi connectivity index (χ4v) is 5.53. The molecular weight excluding hydrogens is 549 g/mol. The second-order valence-corrected chi connectivity index (χ2v) is 10.8. The van der Waals surface area contributed by atoms with E-state index in [9.17, 15) is 22.4 Å². The molecule has 2 N–H and O–H groups in total. The Morgan fingerprint density at radius 3 is 2.62 bits per heavy atom. The summed E-state index contributed by atoms with van der Waals surface area (Å²) in [6.45, 7) is 2.09. The molecule has 204 valence electrons. The predicted molar refractivity (Wildman–Crippen MR) is 146 cm³/mol. The molecule has 1 amide bonds. The van der Waals surface area contributed by atoms with Crippen molar-refractivity contribution in [1.82, 2.24) is 19.9 Å². The van der Waals surface area contributed by atoms with Gasteiger partial charge >= 0.3 is 0 Å². The molecule has 0 aliphatic heterocycles. The Morgan fingerprint density at radius 2 is 1.92 bits per heavy atom. The van der Waals surface area contributed by atoms with Crippen LogP contribution in [0.3, 0.4) is 0 Å². The van der Waals surface area contributed by atoms with Crippen LogP contribution in [0.25, 0.3) is 22.0 Å². The minimum absolute atomic E-state index is 0.00407. The third-order valence-corrected chi connectivity index (χ3v) is 7.98. The first-order chi connectivity index (χ1) is 18.5. The van der Waals surface area contributed by atoms with Gasteiger partial charge in [-0.15, -0.1) is 0 Å². The number of rotatable bonds is 9. The summed E-state index contributed by atoms with van der Waals surface area (Å²) < 4.78 is 48.5. The maximum atomic E-state index is 13.4. The van der Waals surface area contributed by atoms with Gasteiger partial charge in [0.25, 0.3) is 15.6 Å². The third kappa shape index (κ3) is 6.02. The van der Waals surface area contributed by atoms with E-state index in [1.807, 2.05) is 0 Å². The van der Waals surface area contributed by atoms with E-state index in [-0.39, 0.29) is 38.9 Å². The van der Waals surface area contributed by atoms with Crippen LogP contribution in [-0.2, 0) is 21.4 Å². The number of anilines is 1. The van der Waals surface area contributed by atoms with Gasteiger partial charge in [-0.05, 0) is 48.4 Å². The van der Waals surface area contributed by atoms with Gasteiger partial charge in [-0.1, -0.05) is 24.6 Å². The van der Waals surface area contributed by atoms with Crippen LogP contribution in [0.4, 0.5) is 10.1 Å². The van der Waals surface area contributed by atoms with Crippen LogP contribution in [0.2, 0.25) is 5.02 Å². The van der Waals surface area contributed by atoms with Crippen molar-refractivity contribution in [1.29, 1.82) is 0 Å². The lowest BCUT2D eigenvalue weighted by atomic mass is 10.0. The van der Waals surface area contributed by atoms with E-state index >= 15 is 0 Å². The SMILES string of the molecule is CNC(=O)[C@H](C)CCn1cnc2ccc(-c3cnc(OC)c(NS(=O)(=O)c4ccc(F)cc4Cl)c3)cc2c1=O. The molecule has 0 aliphatic rings. The summed E-state index contributed by atoms with van der Waals surface area (Å²) in [5.74, 6) is -1.07. The number of nitrogens with one attached hydrogen (secondary N) is 2. The number of carbonyl (C=O) groups is 1. The van der Waals surface area contributed by atoms with Crippen molar-refractivity contribution in [2.75, 3.05) is 18.9 Å². The number of carbonyl (C=O) groups excluding carboxylic acids is 1. The van der Waals surface area contributed by atoms with E-state index in [1.165, 1.54) is 30.3 Å². The van der Waals surface area contributed by atoms with E-state index in [1.54, 1.807) is 32.2 Å². The van der Waals surface area contributed by atoms with Crippen molar-refractivity contribution < 1.29 is 22.3 Å². The second kappa shape index (κ2) is 11.4. The molecule has 39 heavy (non-hydrogen) atoms. The summed E-state index contributed by atoms with van der Waals surface area (Å²) in [4.78, 5) is 33.2. The Bertz CT molecular complexity index is 1730. The number of amides is 1. The summed E-state index contributed by atoms with van der Waals surface area (Å²) in [5.41, 5.74) is 1.28. The first kappa shape index (κ1) is 28.0. The molecule has 0 aliphatic carbocycles. The lowest BCUT2D eigenvalue weighted by Gasteiger charge is -2.14. The first-order valence-corrected chi connectivity index (χ1v) is 13.6. The Morgan fingerprint density at radius 1 is 1.15 bits per heavy atom. The lowest BCUT2D eigenvalue weighted by molar-refractivity contribution is -0.124. The fraction of sp³-hybridized carbons (Fsp3) is 0.231. The van der Waals surface area contributed by atoms with Crippen molar-refractivity contribution in [2.45, 2.75) is 24.8 Å². The summed E-state index contributed by atoms with van der Waals surface area (Å²) in [6.07, 6.45) is 3.38. The van der Waals surface area contributed by atoms with Crippen LogP contribution < -0.4 is 20.3 Å². The largest absolute Gasteiger partial charge is 0.480 e. The maximum Gasteiger partial charge on any atom is 0.263 e. The van der Waals surface area contributed by atoms with Crippen LogP contribution in [0.15, 0.2) is 64.7 Å². The number of fused-ring (bicyclic) bond motifs is 1. The molecule has 0 saturated carbocycles. The lowest BCUT2D eigenvalue weighted by Crippen LogP contribution is -2.28. The summed E-state index contributed by atoms with van der Waals surface area (Å²) in [6, 6.07) is 9.49. The zero-order valence-corrected chi connectivity index (χ0v) is 22.8. The Kier molecular flexibility index (Phi) is 8.17. The van der Waals surface area contributed by atoms with E-state index in [2.05, 4.69) is 20.0 Å². The zero-order chi connectivity index (χ0) is 28.3. The molecule has 4 aromatic rings. The number of halogens is 2. The quantitative estimate of drug-likeness (QED) is 0.311. The molecule has 10 nitrogen and oxygen atoms in total. The van der Waals surface area contributed by atoms with Gasteiger partial charge in [0.15, 0.2) is 0 Å². The van der Waals surface area contributed by atoms with Crippen LogP contribution in [0, 0.1) is 11.7 Å². The highest BCUT2D eigenvalue weighted by Gasteiger charge is 2.21. The van der Waals surface area contributed by atoms with Gasteiger partial charge in [-0.3, -0.25) is 18.9 Å². The molecule has 13 heteroatoms. The molecule has 2 aromatic carbocycles. The number of methoxy groups -OCH3 is 1. The van der Waals surface area contributed by atoms with Crippen molar-refractivity contribution in [3.63, 3.8) is 0 Å². The molecule has 0 unspecified atom stereocenters. The average Bonchev–Trinajstić information content (AvgIpc) is 2.91. The number of ether oxygens (including phenoxy) is 1. The van der Waals surface area contributed by atoms with Crippen molar-refractivity contribution in [2.24, 2.45) is 5.92 Å². The van der Waals surface area contributed by atoms with Crippen LogP contribution in [0.5, 0.6) is 5.88 Å². The number of benzene rings is 2. The fourth-order valence-electron chi connectivity index (χ4n) is 3.95. The van der Waals surface area contributed by atoms with Crippen LogP contribution in [0.1, 0.15) is 13.3 Å². The second-order valence-electron chi connectivity index (χ2n) is 8.74. The normalized spacial score (nSPS) is 12.2. The van der Waals surface area contributed by atoms with Gasteiger partial charge in [-0.25, -0.2) is 22.8 Å². The van der Waals surface area contributed by atoms with Crippen LogP contribution in [-0.4, -0.2) is 43.0 Å². The Balaban J connectivity index is 1.69. The monoisotopic (exact) mass is 573 g/mol. The smallest absolute Gasteiger partial charge is 0.263 e.